The third-order valence-electron chi connectivity index (χ3n) is 4.80. The van der Waals surface area contributed by atoms with Crippen molar-refractivity contribution < 1.29 is 15.0 Å². The number of nitrogens with zero attached hydrogens (tertiary/aromatic N) is 3. The Morgan fingerprint density at radius 2 is 1.92 bits per heavy atom. The molecule has 1 atom stereocenters. The smallest absolute Gasteiger partial charge is 0.274 e. The van der Waals surface area contributed by atoms with Crippen molar-refractivity contribution in [2.24, 2.45) is 5.92 Å². The van der Waals surface area contributed by atoms with E-state index < -0.39 is 17.5 Å². The summed E-state index contributed by atoms with van der Waals surface area (Å²) in [7, 11) is 0. The molecule has 2 aromatic heterocycles. The molecule has 0 radical (unpaired) electrons. The molecule has 8 nitrogen and oxygen atoms in total. The topological polar surface area (TPSA) is 134 Å². The standard InChI is InChI=1S/C18H23N5O3/c1-10(11-6-3-2-4-7-11)20-17(25)14-15(24)18(26)23-16(22-14)12-8-5-9-13(19)21-12/h5,8-11,24H,2-4,6-7H2,1H3,(H2,19,21)(H,20,25)(H,22,23,26). The summed E-state index contributed by atoms with van der Waals surface area (Å²) in [6, 6.07) is 4.82. The zero-order chi connectivity index (χ0) is 18.7. The van der Waals surface area contributed by atoms with Crippen molar-refractivity contribution in [1.82, 2.24) is 20.3 Å². The lowest BCUT2D eigenvalue weighted by Gasteiger charge is -2.28. The Balaban J connectivity index is 1.85. The molecule has 8 heteroatoms. The lowest BCUT2D eigenvalue weighted by atomic mass is 9.84. The van der Waals surface area contributed by atoms with Crippen LogP contribution >= 0.6 is 0 Å². The number of amides is 1. The summed E-state index contributed by atoms with van der Waals surface area (Å²) in [6.07, 6.45) is 5.70. The fourth-order valence-electron chi connectivity index (χ4n) is 3.32. The van der Waals surface area contributed by atoms with Crippen molar-refractivity contribution in [3.05, 3.63) is 23.9 Å². The van der Waals surface area contributed by atoms with Gasteiger partial charge in [-0.2, -0.15) is 4.98 Å². The van der Waals surface area contributed by atoms with Crippen molar-refractivity contribution in [2.45, 2.75) is 45.1 Å². The van der Waals surface area contributed by atoms with Crippen LogP contribution in [0.15, 0.2) is 18.2 Å². The number of aromatic hydroxyl groups is 2. The van der Waals surface area contributed by atoms with E-state index in [1.807, 2.05) is 6.92 Å². The average Bonchev–Trinajstić information content (AvgIpc) is 2.64. The van der Waals surface area contributed by atoms with Crippen molar-refractivity contribution in [1.29, 1.82) is 0 Å². The van der Waals surface area contributed by atoms with Crippen LogP contribution < -0.4 is 11.1 Å². The SMILES string of the molecule is CC(NC(=O)c1nc(-c2cccc(N)n2)nc(O)c1O)C1CCCCC1. The van der Waals surface area contributed by atoms with E-state index in [9.17, 15) is 15.0 Å². The first kappa shape index (κ1) is 17.9. The third kappa shape index (κ3) is 3.84. The van der Waals surface area contributed by atoms with Crippen LogP contribution in [0.3, 0.4) is 0 Å². The maximum Gasteiger partial charge on any atom is 0.274 e. The number of carbonyl (C=O) groups excluding carboxylic acids is 1. The van der Waals surface area contributed by atoms with Crippen LogP contribution in [0.1, 0.15) is 49.5 Å². The summed E-state index contributed by atoms with van der Waals surface area (Å²) in [4.78, 5) is 24.6. The van der Waals surface area contributed by atoms with E-state index in [1.54, 1.807) is 18.2 Å². The molecule has 5 N–H and O–H groups in total. The fraction of sp³-hybridized carbons (Fsp3) is 0.444. The lowest BCUT2D eigenvalue weighted by molar-refractivity contribution is 0.0910. The molecule has 2 heterocycles. The van der Waals surface area contributed by atoms with Gasteiger partial charge in [0.2, 0.25) is 5.75 Å². The van der Waals surface area contributed by atoms with Gasteiger partial charge in [-0.05, 0) is 37.8 Å². The highest BCUT2D eigenvalue weighted by molar-refractivity contribution is 5.96. The monoisotopic (exact) mass is 357 g/mol. The van der Waals surface area contributed by atoms with Crippen molar-refractivity contribution >= 4 is 11.7 Å². The number of hydrogen-bond acceptors (Lipinski definition) is 7. The Kier molecular flexibility index (Phi) is 5.20. The molecular formula is C18H23N5O3. The van der Waals surface area contributed by atoms with Crippen LogP contribution in [0.5, 0.6) is 11.6 Å². The second-order valence-corrected chi connectivity index (χ2v) is 6.68. The number of anilines is 1. The number of nitrogen functional groups attached to an aromatic ring is 1. The molecule has 3 rings (SSSR count). The Hall–Kier alpha value is -2.90. The summed E-state index contributed by atoms with van der Waals surface area (Å²) in [5.74, 6) is -1.19. The van der Waals surface area contributed by atoms with Crippen molar-refractivity contribution in [3.8, 4) is 23.1 Å². The largest absolute Gasteiger partial charge is 0.501 e. The fourth-order valence-corrected chi connectivity index (χ4v) is 3.32. The van der Waals surface area contributed by atoms with Gasteiger partial charge in [-0.1, -0.05) is 25.3 Å². The summed E-state index contributed by atoms with van der Waals surface area (Å²) >= 11 is 0. The van der Waals surface area contributed by atoms with Gasteiger partial charge in [0.25, 0.3) is 11.8 Å². The van der Waals surface area contributed by atoms with Gasteiger partial charge >= 0.3 is 0 Å². The van der Waals surface area contributed by atoms with E-state index in [4.69, 9.17) is 5.73 Å². The second-order valence-electron chi connectivity index (χ2n) is 6.68. The molecular weight excluding hydrogens is 334 g/mol. The molecule has 138 valence electrons. The first-order chi connectivity index (χ1) is 12.5. The van der Waals surface area contributed by atoms with Crippen molar-refractivity contribution in [2.75, 3.05) is 5.73 Å². The van der Waals surface area contributed by atoms with Gasteiger partial charge in [0.05, 0.1) is 0 Å². The molecule has 1 aliphatic carbocycles. The zero-order valence-corrected chi connectivity index (χ0v) is 14.6. The number of nitrogens with one attached hydrogen (secondary N) is 1. The van der Waals surface area contributed by atoms with Crippen molar-refractivity contribution in [3.63, 3.8) is 0 Å². The molecule has 26 heavy (non-hydrogen) atoms. The molecule has 0 bridgehead atoms. The van der Waals surface area contributed by atoms with E-state index in [1.165, 1.54) is 6.42 Å². The Labute approximate surface area is 151 Å². The highest BCUT2D eigenvalue weighted by atomic mass is 16.3. The van der Waals surface area contributed by atoms with E-state index in [-0.39, 0.29) is 23.4 Å². The minimum atomic E-state index is -0.672. The van der Waals surface area contributed by atoms with Gasteiger partial charge < -0.3 is 21.3 Å². The van der Waals surface area contributed by atoms with Crippen LogP contribution in [0.4, 0.5) is 5.82 Å². The van der Waals surface area contributed by atoms with Crippen LogP contribution in [-0.4, -0.2) is 37.1 Å². The summed E-state index contributed by atoms with van der Waals surface area (Å²) in [5, 5.41) is 22.8. The highest BCUT2D eigenvalue weighted by Gasteiger charge is 2.25. The molecule has 1 amide bonds. The van der Waals surface area contributed by atoms with Gasteiger partial charge in [0.15, 0.2) is 11.5 Å². The van der Waals surface area contributed by atoms with Gasteiger partial charge in [0, 0.05) is 6.04 Å². The summed E-state index contributed by atoms with van der Waals surface area (Å²) < 4.78 is 0. The maximum atomic E-state index is 12.6. The molecule has 2 aromatic rings. The van der Waals surface area contributed by atoms with Gasteiger partial charge in [0.1, 0.15) is 11.5 Å². The molecule has 0 spiro atoms. The normalized spacial score (nSPS) is 16.2. The first-order valence-corrected chi connectivity index (χ1v) is 8.79. The minimum Gasteiger partial charge on any atom is -0.501 e. The molecule has 1 unspecified atom stereocenters. The predicted molar refractivity (Wildman–Crippen MR) is 96.5 cm³/mol. The molecule has 1 fully saturated rings. The van der Waals surface area contributed by atoms with E-state index >= 15 is 0 Å². The zero-order valence-electron chi connectivity index (χ0n) is 14.6. The Morgan fingerprint density at radius 3 is 2.62 bits per heavy atom. The summed E-state index contributed by atoms with van der Waals surface area (Å²) in [6.45, 7) is 1.95. The van der Waals surface area contributed by atoms with Crippen LogP contribution in [0.25, 0.3) is 11.5 Å². The van der Waals surface area contributed by atoms with Gasteiger partial charge in [-0.3, -0.25) is 4.79 Å². The van der Waals surface area contributed by atoms with Crippen LogP contribution in [-0.2, 0) is 0 Å². The number of aromatic nitrogens is 3. The van der Waals surface area contributed by atoms with E-state index in [0.717, 1.165) is 25.7 Å². The Morgan fingerprint density at radius 1 is 1.19 bits per heavy atom. The Bertz CT molecular complexity index is 805. The highest BCUT2D eigenvalue weighted by Crippen LogP contribution is 2.30. The van der Waals surface area contributed by atoms with Gasteiger partial charge in [-0.15, -0.1) is 0 Å². The minimum absolute atomic E-state index is 0.0167. The number of nitrogens with two attached hydrogens (primary N) is 1. The quantitative estimate of drug-likeness (QED) is 0.659. The molecule has 1 aliphatic rings. The number of hydrogen-bond donors (Lipinski definition) is 4. The lowest BCUT2D eigenvalue weighted by Crippen LogP contribution is -2.39. The molecule has 0 aromatic carbocycles. The van der Waals surface area contributed by atoms with Crippen LogP contribution in [0.2, 0.25) is 0 Å². The number of rotatable bonds is 4. The molecule has 1 saturated carbocycles. The van der Waals surface area contributed by atoms with Gasteiger partial charge in [-0.25, -0.2) is 9.97 Å². The molecule has 0 aliphatic heterocycles. The van der Waals surface area contributed by atoms with E-state index in [2.05, 4.69) is 20.3 Å². The maximum absolute atomic E-state index is 12.6. The average molecular weight is 357 g/mol. The molecule has 0 saturated heterocycles. The van der Waals surface area contributed by atoms with E-state index in [0.29, 0.717) is 11.6 Å². The second kappa shape index (κ2) is 7.55. The first-order valence-electron chi connectivity index (χ1n) is 8.79. The van der Waals surface area contributed by atoms with Crippen LogP contribution in [0, 0.1) is 5.92 Å². The summed E-state index contributed by atoms with van der Waals surface area (Å²) in [5.41, 5.74) is 5.67. The third-order valence-corrected chi connectivity index (χ3v) is 4.80. The number of pyridine rings is 1. The predicted octanol–water partition coefficient (Wildman–Crippen LogP) is 2.23. The number of carbonyl (C=O) groups is 1.